The van der Waals surface area contributed by atoms with Gasteiger partial charge in [-0.05, 0) is 45.6 Å². The summed E-state index contributed by atoms with van der Waals surface area (Å²) >= 11 is 0. The fourth-order valence-electron chi connectivity index (χ4n) is 3.76. The molecule has 0 spiro atoms. The summed E-state index contributed by atoms with van der Waals surface area (Å²) in [4.78, 5) is 23.8. The number of carbonyl (C=O) groups excluding carboxylic acids is 1. The third kappa shape index (κ3) is 3.62. The molecule has 28 heavy (non-hydrogen) atoms. The van der Waals surface area contributed by atoms with Gasteiger partial charge < -0.3 is 9.42 Å². The third-order valence-electron chi connectivity index (χ3n) is 5.20. The van der Waals surface area contributed by atoms with Gasteiger partial charge in [0.15, 0.2) is 0 Å². The van der Waals surface area contributed by atoms with E-state index in [1.807, 2.05) is 18.7 Å². The van der Waals surface area contributed by atoms with Crippen molar-refractivity contribution >= 4 is 5.91 Å². The van der Waals surface area contributed by atoms with Gasteiger partial charge in [-0.1, -0.05) is 5.16 Å². The zero-order valence-electron chi connectivity index (χ0n) is 16.0. The van der Waals surface area contributed by atoms with Gasteiger partial charge in [-0.15, -0.1) is 0 Å². The van der Waals surface area contributed by atoms with Gasteiger partial charge in [-0.2, -0.15) is 10.2 Å². The van der Waals surface area contributed by atoms with Crippen molar-refractivity contribution in [3.05, 3.63) is 53.6 Å². The normalized spacial score (nSPS) is 16.5. The van der Waals surface area contributed by atoms with Crippen LogP contribution in [0.3, 0.4) is 0 Å². The fourth-order valence-corrected chi connectivity index (χ4v) is 3.76. The van der Waals surface area contributed by atoms with Crippen molar-refractivity contribution in [1.29, 1.82) is 0 Å². The number of rotatable bonds is 5. The van der Waals surface area contributed by atoms with Gasteiger partial charge in [0.1, 0.15) is 5.76 Å². The van der Waals surface area contributed by atoms with E-state index in [0.717, 1.165) is 60.6 Å². The van der Waals surface area contributed by atoms with E-state index in [1.54, 1.807) is 24.7 Å². The molecule has 0 radical (unpaired) electrons. The van der Waals surface area contributed by atoms with E-state index in [-0.39, 0.29) is 11.9 Å². The van der Waals surface area contributed by atoms with E-state index < -0.39 is 0 Å². The van der Waals surface area contributed by atoms with Crippen LogP contribution in [0.4, 0.5) is 0 Å². The largest absolute Gasteiger partial charge is 0.361 e. The molecule has 4 rings (SSSR count). The summed E-state index contributed by atoms with van der Waals surface area (Å²) in [6, 6.07) is 1.92. The van der Waals surface area contributed by atoms with E-state index in [9.17, 15) is 4.79 Å². The van der Waals surface area contributed by atoms with E-state index in [4.69, 9.17) is 4.52 Å². The molecule has 1 atom stereocenters. The van der Waals surface area contributed by atoms with Gasteiger partial charge in [0, 0.05) is 18.8 Å². The summed E-state index contributed by atoms with van der Waals surface area (Å²) in [5, 5.41) is 11.5. The Kier molecular flexibility index (Phi) is 5.10. The zero-order valence-corrected chi connectivity index (χ0v) is 16.0. The monoisotopic (exact) mass is 378 g/mol. The van der Waals surface area contributed by atoms with E-state index in [1.165, 1.54) is 6.20 Å². The molecule has 1 aliphatic rings. The molecular formula is C20H22N6O2. The molecule has 0 bridgehead atoms. The van der Waals surface area contributed by atoms with Crippen LogP contribution in [-0.4, -0.2) is 48.7 Å². The number of likely N-dealkylation sites (tertiary alicyclic amines) is 1. The molecule has 3 aromatic heterocycles. The molecule has 4 heterocycles. The molecule has 8 nitrogen and oxygen atoms in total. The zero-order chi connectivity index (χ0) is 19.5. The maximum absolute atomic E-state index is 12.7. The lowest BCUT2D eigenvalue weighted by molar-refractivity contribution is 0.0730. The first-order valence-electron chi connectivity index (χ1n) is 9.45. The summed E-state index contributed by atoms with van der Waals surface area (Å²) in [7, 11) is 0. The molecule has 3 aromatic rings. The highest BCUT2D eigenvalue weighted by Crippen LogP contribution is 2.26. The summed E-state index contributed by atoms with van der Waals surface area (Å²) < 4.78 is 5.20. The summed E-state index contributed by atoms with van der Waals surface area (Å²) in [6.07, 6.45) is 10.3. The van der Waals surface area contributed by atoms with Crippen molar-refractivity contribution in [2.45, 2.75) is 45.6 Å². The second kappa shape index (κ2) is 7.84. The smallest absolute Gasteiger partial charge is 0.255 e. The SMILES string of the molecule is Cc1noc(C)c1-c1cnc(CCC2CCCN2C(=O)c2ccnnc2)cn1. The van der Waals surface area contributed by atoms with Gasteiger partial charge >= 0.3 is 0 Å². The van der Waals surface area contributed by atoms with Crippen molar-refractivity contribution < 1.29 is 9.32 Å². The van der Waals surface area contributed by atoms with Crippen molar-refractivity contribution in [2.75, 3.05) is 6.54 Å². The third-order valence-corrected chi connectivity index (χ3v) is 5.20. The topological polar surface area (TPSA) is 97.9 Å². The lowest BCUT2D eigenvalue weighted by Gasteiger charge is -2.24. The Morgan fingerprint density at radius 3 is 2.79 bits per heavy atom. The molecule has 1 aliphatic heterocycles. The van der Waals surface area contributed by atoms with Crippen LogP contribution in [0, 0.1) is 13.8 Å². The number of amides is 1. The Hall–Kier alpha value is -3.16. The van der Waals surface area contributed by atoms with Crippen LogP contribution in [0.5, 0.6) is 0 Å². The van der Waals surface area contributed by atoms with Crippen LogP contribution in [0.2, 0.25) is 0 Å². The van der Waals surface area contributed by atoms with Gasteiger partial charge in [-0.25, -0.2) is 0 Å². The molecule has 1 saturated heterocycles. The first-order valence-corrected chi connectivity index (χ1v) is 9.45. The van der Waals surface area contributed by atoms with Crippen molar-refractivity contribution in [3.63, 3.8) is 0 Å². The predicted molar refractivity (Wildman–Crippen MR) is 101 cm³/mol. The predicted octanol–water partition coefficient (Wildman–Crippen LogP) is 2.78. The summed E-state index contributed by atoms with van der Waals surface area (Å²) in [6.45, 7) is 4.54. The minimum Gasteiger partial charge on any atom is -0.361 e. The Morgan fingerprint density at radius 1 is 1.21 bits per heavy atom. The van der Waals surface area contributed by atoms with Gasteiger partial charge in [-0.3, -0.25) is 14.8 Å². The second-order valence-corrected chi connectivity index (χ2v) is 7.06. The first kappa shape index (κ1) is 18.2. The average Bonchev–Trinajstić information content (AvgIpc) is 3.33. The number of aromatic nitrogens is 5. The lowest BCUT2D eigenvalue weighted by atomic mass is 10.1. The fraction of sp³-hybridized carbons (Fsp3) is 0.400. The highest BCUT2D eigenvalue weighted by molar-refractivity contribution is 5.94. The minimum absolute atomic E-state index is 0.0252. The number of nitrogens with zero attached hydrogens (tertiary/aromatic N) is 6. The maximum atomic E-state index is 12.7. The Bertz CT molecular complexity index is 935. The van der Waals surface area contributed by atoms with Gasteiger partial charge in [0.2, 0.25) is 0 Å². The molecular weight excluding hydrogens is 356 g/mol. The number of aryl methyl sites for hydroxylation is 3. The molecule has 1 unspecified atom stereocenters. The van der Waals surface area contributed by atoms with E-state index in [2.05, 4.69) is 25.3 Å². The van der Waals surface area contributed by atoms with Crippen molar-refractivity contribution in [3.8, 4) is 11.3 Å². The molecule has 1 fully saturated rings. The molecule has 1 amide bonds. The van der Waals surface area contributed by atoms with Crippen LogP contribution in [0.15, 0.2) is 35.4 Å². The van der Waals surface area contributed by atoms with Crippen molar-refractivity contribution in [1.82, 2.24) is 30.2 Å². The Balaban J connectivity index is 1.40. The molecule has 0 aromatic carbocycles. The first-order chi connectivity index (χ1) is 13.6. The number of hydrogen-bond acceptors (Lipinski definition) is 7. The number of hydrogen-bond donors (Lipinski definition) is 0. The molecule has 0 aliphatic carbocycles. The minimum atomic E-state index is 0.0252. The lowest BCUT2D eigenvalue weighted by Crippen LogP contribution is -2.36. The Morgan fingerprint density at radius 2 is 2.11 bits per heavy atom. The van der Waals surface area contributed by atoms with Crippen LogP contribution in [0.25, 0.3) is 11.3 Å². The molecule has 144 valence electrons. The highest BCUT2D eigenvalue weighted by atomic mass is 16.5. The standard InChI is InChI=1S/C20H22N6O2/c1-13-19(14(2)28-25-13)18-12-21-16(11-22-18)5-6-17-4-3-9-26(17)20(27)15-7-8-23-24-10-15/h7-8,10-12,17H,3-6,9H2,1-2H3. The van der Waals surface area contributed by atoms with Crippen LogP contribution < -0.4 is 0 Å². The summed E-state index contributed by atoms with van der Waals surface area (Å²) in [5.74, 6) is 0.766. The van der Waals surface area contributed by atoms with E-state index in [0.29, 0.717) is 5.56 Å². The molecule has 0 saturated carbocycles. The van der Waals surface area contributed by atoms with Crippen molar-refractivity contribution in [2.24, 2.45) is 0 Å². The summed E-state index contributed by atoms with van der Waals surface area (Å²) in [5.41, 5.74) is 3.98. The van der Waals surface area contributed by atoms with E-state index >= 15 is 0 Å². The van der Waals surface area contributed by atoms with Gasteiger partial charge in [0.05, 0.1) is 46.8 Å². The average molecular weight is 378 g/mol. The second-order valence-electron chi connectivity index (χ2n) is 7.06. The molecule has 0 N–H and O–H groups in total. The Labute approximate surface area is 163 Å². The molecule has 8 heteroatoms. The quantitative estimate of drug-likeness (QED) is 0.673. The van der Waals surface area contributed by atoms with Crippen LogP contribution >= 0.6 is 0 Å². The van der Waals surface area contributed by atoms with Crippen LogP contribution in [0.1, 0.15) is 46.8 Å². The highest BCUT2D eigenvalue weighted by Gasteiger charge is 2.29. The van der Waals surface area contributed by atoms with Crippen LogP contribution in [-0.2, 0) is 6.42 Å². The maximum Gasteiger partial charge on any atom is 0.255 e. The number of carbonyl (C=O) groups is 1. The van der Waals surface area contributed by atoms with Gasteiger partial charge in [0.25, 0.3) is 5.91 Å².